The van der Waals surface area contributed by atoms with E-state index in [1.807, 2.05) is 48.9 Å². The Morgan fingerprint density at radius 1 is 1.15 bits per heavy atom. The molecule has 0 radical (unpaired) electrons. The van der Waals surface area contributed by atoms with Crippen molar-refractivity contribution < 1.29 is 4.79 Å². The Morgan fingerprint density at radius 3 is 2.58 bits per heavy atom. The summed E-state index contributed by atoms with van der Waals surface area (Å²) in [6.07, 6.45) is 0.700. The molecule has 1 N–H and O–H groups in total. The van der Waals surface area contributed by atoms with Crippen LogP contribution in [0.2, 0.25) is 5.02 Å². The van der Waals surface area contributed by atoms with Crippen LogP contribution in [0.1, 0.15) is 18.3 Å². The van der Waals surface area contributed by atoms with Crippen molar-refractivity contribution in [3.63, 3.8) is 0 Å². The van der Waals surface area contributed by atoms with Gasteiger partial charge >= 0.3 is 0 Å². The molecule has 26 heavy (non-hydrogen) atoms. The lowest BCUT2D eigenvalue weighted by Crippen LogP contribution is -2.23. The van der Waals surface area contributed by atoms with Crippen LogP contribution in [0.5, 0.6) is 0 Å². The molecule has 1 aromatic heterocycles. The summed E-state index contributed by atoms with van der Waals surface area (Å²) >= 11 is 7.46. The molecule has 7 heteroatoms. The zero-order chi connectivity index (χ0) is 18.5. The van der Waals surface area contributed by atoms with Crippen LogP contribution in [0.25, 0.3) is 0 Å². The number of thioether (sulfide) groups is 1. The summed E-state index contributed by atoms with van der Waals surface area (Å²) in [5.41, 5.74) is 1.78. The molecule has 1 amide bonds. The molecule has 0 aliphatic rings. The minimum Gasteiger partial charge on any atom is -0.324 e. The van der Waals surface area contributed by atoms with Gasteiger partial charge in [-0.05, 0) is 24.6 Å². The first-order chi connectivity index (χ1) is 12.5. The van der Waals surface area contributed by atoms with E-state index in [9.17, 15) is 4.79 Å². The van der Waals surface area contributed by atoms with Crippen molar-refractivity contribution in [1.29, 1.82) is 0 Å². The number of nitrogens with one attached hydrogen (secondary N) is 1. The molecule has 3 aromatic rings. The fraction of sp³-hybridized carbons (Fsp3) is 0.211. The lowest BCUT2D eigenvalue weighted by Gasteiger charge is -2.12. The first-order valence-corrected chi connectivity index (χ1v) is 9.44. The number of carbonyl (C=O) groups is 1. The lowest BCUT2D eigenvalue weighted by atomic mass is 10.1. The highest BCUT2D eigenvalue weighted by Gasteiger charge is 2.19. The van der Waals surface area contributed by atoms with Crippen LogP contribution in [-0.2, 0) is 18.3 Å². The fourth-order valence-corrected chi connectivity index (χ4v) is 3.41. The number of benzene rings is 2. The smallest absolute Gasteiger partial charge is 0.237 e. The fourth-order valence-electron chi connectivity index (χ4n) is 2.39. The average molecular weight is 387 g/mol. The molecular formula is C19H19ClN4OS. The maximum atomic E-state index is 12.4. The SMILES string of the molecule is C[C@@H](Sc1nnc(Cc2ccccc2)n1C)C(=O)Nc1ccccc1Cl. The zero-order valence-electron chi connectivity index (χ0n) is 14.5. The van der Waals surface area contributed by atoms with Gasteiger partial charge in [0.1, 0.15) is 5.82 Å². The van der Waals surface area contributed by atoms with E-state index in [2.05, 4.69) is 27.6 Å². The molecule has 1 atom stereocenters. The van der Waals surface area contributed by atoms with E-state index in [0.29, 0.717) is 22.3 Å². The monoisotopic (exact) mass is 386 g/mol. The number of carbonyl (C=O) groups excluding carboxylic acids is 1. The first kappa shape index (κ1) is 18.5. The second kappa shape index (κ2) is 8.38. The third-order valence-corrected chi connectivity index (χ3v) is 5.38. The van der Waals surface area contributed by atoms with Crippen LogP contribution in [0.15, 0.2) is 59.8 Å². The molecule has 0 saturated carbocycles. The van der Waals surface area contributed by atoms with E-state index in [-0.39, 0.29) is 11.2 Å². The minimum atomic E-state index is -0.334. The molecule has 134 valence electrons. The van der Waals surface area contributed by atoms with Crippen molar-refractivity contribution >= 4 is 35.0 Å². The number of para-hydroxylation sites is 1. The zero-order valence-corrected chi connectivity index (χ0v) is 16.1. The number of amides is 1. The van der Waals surface area contributed by atoms with E-state index < -0.39 is 0 Å². The summed E-state index contributed by atoms with van der Waals surface area (Å²) in [5, 5.41) is 12.2. The van der Waals surface area contributed by atoms with Gasteiger partial charge < -0.3 is 9.88 Å². The summed E-state index contributed by atoms with van der Waals surface area (Å²) in [7, 11) is 1.92. The van der Waals surface area contributed by atoms with Crippen LogP contribution in [0, 0.1) is 0 Å². The van der Waals surface area contributed by atoms with Crippen LogP contribution in [-0.4, -0.2) is 25.9 Å². The molecule has 0 fully saturated rings. The Hall–Kier alpha value is -2.31. The van der Waals surface area contributed by atoms with Gasteiger partial charge in [0.2, 0.25) is 5.91 Å². The van der Waals surface area contributed by atoms with Gasteiger partial charge in [0, 0.05) is 13.5 Å². The molecule has 0 spiro atoms. The second-order valence-electron chi connectivity index (χ2n) is 5.85. The molecular weight excluding hydrogens is 368 g/mol. The maximum absolute atomic E-state index is 12.4. The van der Waals surface area contributed by atoms with Gasteiger partial charge in [0.25, 0.3) is 0 Å². The number of rotatable bonds is 6. The van der Waals surface area contributed by atoms with E-state index >= 15 is 0 Å². The molecule has 2 aromatic carbocycles. The van der Waals surface area contributed by atoms with Crippen molar-refractivity contribution in [3.8, 4) is 0 Å². The number of anilines is 1. The van der Waals surface area contributed by atoms with Crippen molar-refractivity contribution in [2.75, 3.05) is 5.32 Å². The third kappa shape index (κ3) is 4.45. The predicted octanol–water partition coefficient (Wildman–Crippen LogP) is 4.18. The topological polar surface area (TPSA) is 59.8 Å². The van der Waals surface area contributed by atoms with Crippen LogP contribution >= 0.6 is 23.4 Å². The Balaban J connectivity index is 1.65. The molecule has 0 unspecified atom stereocenters. The number of aromatic nitrogens is 3. The van der Waals surface area contributed by atoms with Crippen LogP contribution < -0.4 is 5.32 Å². The van der Waals surface area contributed by atoms with Gasteiger partial charge in [-0.1, -0.05) is 65.8 Å². The summed E-state index contributed by atoms with van der Waals surface area (Å²) in [6.45, 7) is 1.84. The maximum Gasteiger partial charge on any atom is 0.237 e. The van der Waals surface area contributed by atoms with Crippen molar-refractivity contribution in [2.24, 2.45) is 7.05 Å². The molecule has 1 heterocycles. The average Bonchev–Trinajstić information content (AvgIpc) is 2.98. The molecule has 0 aliphatic heterocycles. The van der Waals surface area contributed by atoms with Crippen LogP contribution in [0.3, 0.4) is 0 Å². The number of hydrogen-bond donors (Lipinski definition) is 1. The molecule has 0 saturated heterocycles. The highest BCUT2D eigenvalue weighted by Crippen LogP contribution is 2.25. The number of hydrogen-bond acceptors (Lipinski definition) is 4. The van der Waals surface area contributed by atoms with Gasteiger partial charge in [0.15, 0.2) is 5.16 Å². The Morgan fingerprint density at radius 2 is 1.85 bits per heavy atom. The quantitative estimate of drug-likeness (QED) is 0.645. The summed E-state index contributed by atoms with van der Waals surface area (Å²) < 4.78 is 1.93. The Labute approximate surface area is 161 Å². The van der Waals surface area contributed by atoms with Gasteiger partial charge in [-0.3, -0.25) is 4.79 Å². The predicted molar refractivity (Wildman–Crippen MR) is 106 cm³/mol. The Kier molecular flexibility index (Phi) is 5.96. The first-order valence-electron chi connectivity index (χ1n) is 8.19. The molecule has 3 rings (SSSR count). The van der Waals surface area contributed by atoms with Gasteiger partial charge in [-0.25, -0.2) is 0 Å². The number of nitrogens with zero attached hydrogens (tertiary/aromatic N) is 3. The van der Waals surface area contributed by atoms with Crippen molar-refractivity contribution in [2.45, 2.75) is 23.8 Å². The largest absolute Gasteiger partial charge is 0.324 e. The third-order valence-electron chi connectivity index (χ3n) is 3.91. The normalized spacial score (nSPS) is 12.0. The highest BCUT2D eigenvalue weighted by molar-refractivity contribution is 8.00. The molecule has 0 aliphatic carbocycles. The number of halogens is 1. The lowest BCUT2D eigenvalue weighted by molar-refractivity contribution is -0.115. The van der Waals surface area contributed by atoms with Crippen LogP contribution in [0.4, 0.5) is 5.69 Å². The summed E-state index contributed by atoms with van der Waals surface area (Å²) in [6, 6.07) is 17.3. The molecule has 5 nitrogen and oxygen atoms in total. The Bertz CT molecular complexity index is 898. The molecule has 0 bridgehead atoms. The second-order valence-corrected chi connectivity index (χ2v) is 7.56. The van der Waals surface area contributed by atoms with E-state index in [4.69, 9.17) is 11.6 Å². The highest BCUT2D eigenvalue weighted by atomic mass is 35.5. The van der Waals surface area contributed by atoms with E-state index in [1.165, 1.54) is 17.3 Å². The standard InChI is InChI=1S/C19H19ClN4OS/c1-13(18(25)21-16-11-7-6-10-15(16)20)26-19-23-22-17(24(19)2)12-14-8-4-3-5-9-14/h3-11,13H,12H2,1-2H3,(H,21,25)/t13-/m1/s1. The summed E-state index contributed by atoms with van der Waals surface area (Å²) in [5.74, 6) is 0.730. The van der Waals surface area contributed by atoms with Crippen molar-refractivity contribution in [3.05, 3.63) is 71.0 Å². The minimum absolute atomic E-state index is 0.129. The summed E-state index contributed by atoms with van der Waals surface area (Å²) in [4.78, 5) is 12.4. The van der Waals surface area contributed by atoms with Gasteiger partial charge in [0.05, 0.1) is 16.0 Å². The van der Waals surface area contributed by atoms with Gasteiger partial charge in [-0.2, -0.15) is 0 Å². The van der Waals surface area contributed by atoms with Gasteiger partial charge in [-0.15, -0.1) is 10.2 Å². The van der Waals surface area contributed by atoms with E-state index in [1.54, 1.807) is 12.1 Å². The van der Waals surface area contributed by atoms with Crippen molar-refractivity contribution in [1.82, 2.24) is 14.8 Å². The van der Waals surface area contributed by atoms with E-state index in [0.717, 1.165) is 5.82 Å².